The minimum absolute atomic E-state index is 0.0918. The van der Waals surface area contributed by atoms with Gasteiger partial charge in [0.25, 0.3) is 11.8 Å². The molecule has 3 N–H and O–H groups in total. The van der Waals surface area contributed by atoms with Crippen LogP contribution < -0.4 is 10.6 Å². The minimum atomic E-state index is -0.597. The van der Waals surface area contributed by atoms with E-state index in [1.807, 2.05) is 55.5 Å². The number of anilines is 1. The molecule has 0 bridgehead atoms. The van der Waals surface area contributed by atoms with Gasteiger partial charge in [-0.25, -0.2) is 4.98 Å². The van der Waals surface area contributed by atoms with Crippen LogP contribution in [0.25, 0.3) is 21.8 Å². The Balaban J connectivity index is 1.29. The quantitative estimate of drug-likeness (QED) is 0.263. The molecule has 4 heterocycles. The lowest BCUT2D eigenvalue weighted by Gasteiger charge is -2.48. The summed E-state index contributed by atoms with van der Waals surface area (Å²) in [7, 11) is 0. The highest BCUT2D eigenvalue weighted by Gasteiger charge is 2.44. The van der Waals surface area contributed by atoms with E-state index in [0.717, 1.165) is 33.2 Å². The summed E-state index contributed by atoms with van der Waals surface area (Å²) in [6.07, 6.45) is 1.13. The standard InChI is InChI=1S/C25H22BrN5O2/c1-14-22-17(15-6-2-4-8-18(15)28-22)12-20(27-14)24(33)31-11-10-25(13-21(31)26)29-19-9-5-3-7-16(19)23(32)30-25/h2-9,12,21,28-29H,10-11,13H2,1H3,(H,30,32). The smallest absolute Gasteiger partial charge is 0.273 e. The van der Waals surface area contributed by atoms with Crippen molar-refractivity contribution in [3.05, 3.63) is 71.5 Å². The molecule has 0 saturated carbocycles. The van der Waals surface area contributed by atoms with E-state index in [0.29, 0.717) is 30.6 Å². The van der Waals surface area contributed by atoms with E-state index >= 15 is 0 Å². The van der Waals surface area contributed by atoms with Gasteiger partial charge in [0.2, 0.25) is 0 Å². The molecule has 8 heteroatoms. The minimum Gasteiger partial charge on any atom is -0.362 e. The zero-order chi connectivity index (χ0) is 22.7. The van der Waals surface area contributed by atoms with Crippen LogP contribution in [0.15, 0.2) is 54.6 Å². The van der Waals surface area contributed by atoms with Crippen molar-refractivity contribution < 1.29 is 9.59 Å². The molecule has 1 saturated heterocycles. The number of likely N-dealkylation sites (tertiary alicyclic amines) is 1. The first-order chi connectivity index (χ1) is 15.9. The van der Waals surface area contributed by atoms with Gasteiger partial charge in [-0.1, -0.05) is 46.3 Å². The van der Waals surface area contributed by atoms with Crippen LogP contribution in [0, 0.1) is 6.92 Å². The van der Waals surface area contributed by atoms with Crippen LogP contribution in [0.2, 0.25) is 0 Å². The van der Waals surface area contributed by atoms with Gasteiger partial charge >= 0.3 is 0 Å². The number of carbonyl (C=O) groups excluding carboxylic acids is 2. The van der Waals surface area contributed by atoms with Crippen molar-refractivity contribution in [3.63, 3.8) is 0 Å². The molecule has 33 heavy (non-hydrogen) atoms. The zero-order valence-electron chi connectivity index (χ0n) is 18.0. The number of para-hydroxylation sites is 2. The second kappa shape index (κ2) is 7.31. The highest BCUT2D eigenvalue weighted by Crippen LogP contribution is 2.36. The van der Waals surface area contributed by atoms with Gasteiger partial charge in [-0.15, -0.1) is 0 Å². The molecule has 1 fully saturated rings. The van der Waals surface area contributed by atoms with Crippen LogP contribution in [0.4, 0.5) is 5.69 Å². The first-order valence-corrected chi connectivity index (χ1v) is 11.9. The number of fused-ring (bicyclic) bond motifs is 4. The monoisotopic (exact) mass is 503 g/mol. The van der Waals surface area contributed by atoms with Gasteiger partial charge in [-0.05, 0) is 31.2 Å². The molecular weight excluding hydrogens is 482 g/mol. The number of hydrogen-bond acceptors (Lipinski definition) is 4. The Morgan fingerprint density at radius 2 is 1.91 bits per heavy atom. The van der Waals surface area contributed by atoms with Crippen molar-refractivity contribution in [2.45, 2.75) is 30.4 Å². The van der Waals surface area contributed by atoms with Crippen molar-refractivity contribution in [1.29, 1.82) is 0 Å². The maximum Gasteiger partial charge on any atom is 0.273 e. The van der Waals surface area contributed by atoms with E-state index in [2.05, 4.69) is 42.6 Å². The molecule has 2 atom stereocenters. The average molecular weight is 504 g/mol. The van der Waals surface area contributed by atoms with Gasteiger partial charge in [-0.3, -0.25) is 9.59 Å². The van der Waals surface area contributed by atoms with E-state index in [4.69, 9.17) is 0 Å². The van der Waals surface area contributed by atoms with Gasteiger partial charge < -0.3 is 20.5 Å². The maximum absolute atomic E-state index is 13.5. The fourth-order valence-electron chi connectivity index (χ4n) is 5.03. The molecule has 1 spiro atoms. The number of amides is 2. The largest absolute Gasteiger partial charge is 0.362 e. The molecule has 6 rings (SSSR count). The number of nitrogens with one attached hydrogen (secondary N) is 3. The molecule has 2 unspecified atom stereocenters. The van der Waals surface area contributed by atoms with E-state index in [9.17, 15) is 9.59 Å². The van der Waals surface area contributed by atoms with Gasteiger partial charge in [0.1, 0.15) is 11.4 Å². The lowest BCUT2D eigenvalue weighted by atomic mass is 9.92. The predicted molar refractivity (Wildman–Crippen MR) is 132 cm³/mol. The molecule has 2 amide bonds. The molecule has 2 aliphatic rings. The van der Waals surface area contributed by atoms with Crippen molar-refractivity contribution >= 4 is 55.2 Å². The number of benzene rings is 2. The predicted octanol–water partition coefficient (Wildman–Crippen LogP) is 4.53. The summed E-state index contributed by atoms with van der Waals surface area (Å²) in [5.74, 6) is -0.213. The molecule has 166 valence electrons. The summed E-state index contributed by atoms with van der Waals surface area (Å²) in [4.78, 5) is 35.8. The van der Waals surface area contributed by atoms with Gasteiger partial charge in [0.15, 0.2) is 0 Å². The summed E-state index contributed by atoms with van der Waals surface area (Å²) in [6.45, 7) is 2.40. The Bertz CT molecular complexity index is 1450. The number of carbonyl (C=O) groups is 2. The number of halogens is 1. The molecule has 0 aliphatic carbocycles. The molecule has 0 radical (unpaired) electrons. The van der Waals surface area contributed by atoms with Crippen LogP contribution in [0.5, 0.6) is 0 Å². The molecular formula is C25H22BrN5O2. The number of rotatable bonds is 1. The summed E-state index contributed by atoms with van der Waals surface area (Å²) in [5, 5.41) is 8.71. The first-order valence-electron chi connectivity index (χ1n) is 11.0. The number of aryl methyl sites for hydroxylation is 1. The molecule has 7 nitrogen and oxygen atoms in total. The molecule has 2 aliphatic heterocycles. The second-order valence-electron chi connectivity index (χ2n) is 8.78. The van der Waals surface area contributed by atoms with Crippen LogP contribution >= 0.6 is 15.9 Å². The Hall–Kier alpha value is -3.39. The third-order valence-corrected chi connectivity index (χ3v) is 7.51. The Morgan fingerprint density at radius 1 is 1.12 bits per heavy atom. The van der Waals surface area contributed by atoms with Crippen molar-refractivity contribution in [2.24, 2.45) is 0 Å². The zero-order valence-corrected chi connectivity index (χ0v) is 19.6. The number of aromatic nitrogens is 2. The van der Waals surface area contributed by atoms with Crippen LogP contribution in [-0.2, 0) is 0 Å². The topological polar surface area (TPSA) is 90.1 Å². The number of alkyl halides is 1. The first kappa shape index (κ1) is 20.2. The summed E-state index contributed by atoms with van der Waals surface area (Å²) in [6, 6.07) is 17.4. The second-order valence-corrected chi connectivity index (χ2v) is 9.84. The van der Waals surface area contributed by atoms with E-state index in [-0.39, 0.29) is 16.8 Å². The lowest BCUT2D eigenvalue weighted by Crippen LogP contribution is -2.64. The van der Waals surface area contributed by atoms with Crippen molar-refractivity contribution in [1.82, 2.24) is 20.2 Å². The highest BCUT2D eigenvalue weighted by molar-refractivity contribution is 9.09. The number of hydrogen-bond donors (Lipinski definition) is 3. The third-order valence-electron chi connectivity index (χ3n) is 6.69. The van der Waals surface area contributed by atoms with Gasteiger partial charge in [0.05, 0.1) is 21.7 Å². The molecule has 2 aromatic carbocycles. The number of nitrogens with zero attached hydrogens (tertiary/aromatic N) is 2. The van der Waals surface area contributed by atoms with E-state index < -0.39 is 5.66 Å². The summed E-state index contributed by atoms with van der Waals surface area (Å²) in [5.41, 5.74) is 4.07. The fourth-order valence-corrected chi connectivity index (χ4v) is 5.98. The van der Waals surface area contributed by atoms with Gasteiger partial charge in [0, 0.05) is 41.4 Å². The summed E-state index contributed by atoms with van der Waals surface area (Å²) >= 11 is 3.70. The number of piperidine rings is 1. The average Bonchev–Trinajstić information content (AvgIpc) is 3.18. The van der Waals surface area contributed by atoms with Crippen LogP contribution in [-0.4, -0.2) is 43.8 Å². The van der Waals surface area contributed by atoms with Gasteiger partial charge in [-0.2, -0.15) is 0 Å². The molecule has 2 aromatic heterocycles. The number of pyridine rings is 1. The normalized spacial score (nSPS) is 22.3. The van der Waals surface area contributed by atoms with Crippen LogP contribution in [0.1, 0.15) is 39.4 Å². The summed E-state index contributed by atoms with van der Waals surface area (Å²) < 4.78 is 0. The van der Waals surface area contributed by atoms with Crippen LogP contribution in [0.3, 0.4) is 0 Å². The Morgan fingerprint density at radius 3 is 2.76 bits per heavy atom. The maximum atomic E-state index is 13.5. The Kier molecular flexibility index (Phi) is 4.48. The SMILES string of the molecule is Cc1nc(C(=O)N2CCC3(CC2Br)NC(=O)c2ccccc2N3)cc2c1[nH]c1ccccc12. The Labute approximate surface area is 198 Å². The van der Waals surface area contributed by atoms with Crippen molar-refractivity contribution in [3.8, 4) is 0 Å². The third kappa shape index (κ3) is 3.20. The highest BCUT2D eigenvalue weighted by atomic mass is 79.9. The van der Waals surface area contributed by atoms with Crippen molar-refractivity contribution in [2.75, 3.05) is 11.9 Å². The van der Waals surface area contributed by atoms with E-state index in [1.54, 1.807) is 4.90 Å². The molecule has 4 aromatic rings. The number of H-pyrrole nitrogens is 1. The fraction of sp³-hybridized carbons (Fsp3) is 0.240. The number of aromatic amines is 1. The lowest BCUT2D eigenvalue weighted by molar-refractivity contribution is 0.0603. The van der Waals surface area contributed by atoms with E-state index in [1.165, 1.54) is 0 Å².